The Morgan fingerprint density at radius 3 is 2.31 bits per heavy atom. The van der Waals surface area contributed by atoms with E-state index in [2.05, 4.69) is 10.0 Å². The molecule has 0 aromatic heterocycles. The van der Waals surface area contributed by atoms with Crippen molar-refractivity contribution in [3.05, 3.63) is 0 Å². The van der Waals surface area contributed by atoms with E-state index in [0.29, 0.717) is 13.0 Å². The van der Waals surface area contributed by atoms with Crippen LogP contribution in [0.2, 0.25) is 0 Å². The van der Waals surface area contributed by atoms with Crippen LogP contribution in [0.15, 0.2) is 0 Å². The predicted molar refractivity (Wildman–Crippen MR) is 50.8 cm³/mol. The largest absolute Gasteiger partial charge is 0.355 e. The standard InChI is InChI=1S/C7H16N2O3S/c1-3-7(10)8-5-6-9-13(11,12)4-2/h9H,3-6H2,1-2H3,(H,8,10). The molecule has 0 unspecified atom stereocenters. The summed E-state index contributed by atoms with van der Waals surface area (Å²) >= 11 is 0. The lowest BCUT2D eigenvalue weighted by molar-refractivity contribution is -0.120. The van der Waals surface area contributed by atoms with Crippen molar-refractivity contribution in [2.24, 2.45) is 0 Å². The average molecular weight is 208 g/mol. The zero-order valence-electron chi connectivity index (χ0n) is 7.96. The van der Waals surface area contributed by atoms with Crippen molar-refractivity contribution in [3.63, 3.8) is 0 Å². The number of hydrogen-bond acceptors (Lipinski definition) is 3. The van der Waals surface area contributed by atoms with Gasteiger partial charge in [-0.05, 0) is 6.92 Å². The molecule has 0 atom stereocenters. The van der Waals surface area contributed by atoms with Gasteiger partial charge in [-0.1, -0.05) is 6.92 Å². The van der Waals surface area contributed by atoms with Gasteiger partial charge in [0.2, 0.25) is 15.9 Å². The van der Waals surface area contributed by atoms with Crippen LogP contribution in [0.1, 0.15) is 20.3 Å². The zero-order valence-corrected chi connectivity index (χ0v) is 8.78. The lowest BCUT2D eigenvalue weighted by Gasteiger charge is -2.04. The lowest BCUT2D eigenvalue weighted by atomic mass is 10.4. The van der Waals surface area contributed by atoms with Crippen LogP contribution in [0.4, 0.5) is 0 Å². The fourth-order valence-electron chi connectivity index (χ4n) is 0.636. The van der Waals surface area contributed by atoms with Crippen LogP contribution in [0, 0.1) is 0 Å². The Bertz CT molecular complexity index is 248. The number of rotatable bonds is 6. The molecule has 78 valence electrons. The van der Waals surface area contributed by atoms with E-state index in [0.717, 1.165) is 0 Å². The summed E-state index contributed by atoms with van der Waals surface area (Å²) in [6, 6.07) is 0. The normalized spacial score (nSPS) is 11.2. The third-order valence-corrected chi connectivity index (χ3v) is 2.87. The van der Waals surface area contributed by atoms with E-state index in [1.165, 1.54) is 0 Å². The molecular formula is C7H16N2O3S. The molecule has 0 spiro atoms. The second-order valence-electron chi connectivity index (χ2n) is 2.50. The maximum atomic E-state index is 10.9. The van der Waals surface area contributed by atoms with Gasteiger partial charge in [0, 0.05) is 19.5 Å². The molecule has 0 rings (SSSR count). The van der Waals surface area contributed by atoms with Gasteiger partial charge in [-0.25, -0.2) is 13.1 Å². The Hall–Kier alpha value is -0.620. The highest BCUT2D eigenvalue weighted by Gasteiger charge is 2.04. The van der Waals surface area contributed by atoms with Gasteiger partial charge in [0.25, 0.3) is 0 Å². The molecule has 2 N–H and O–H groups in total. The van der Waals surface area contributed by atoms with Gasteiger partial charge >= 0.3 is 0 Å². The Kier molecular flexibility index (Phi) is 5.65. The summed E-state index contributed by atoms with van der Waals surface area (Å²) in [5.41, 5.74) is 0. The Morgan fingerprint density at radius 2 is 1.85 bits per heavy atom. The SMILES string of the molecule is CCC(=O)NCCNS(=O)(=O)CC. The molecule has 0 aliphatic heterocycles. The van der Waals surface area contributed by atoms with E-state index < -0.39 is 10.0 Å². The molecule has 0 saturated heterocycles. The van der Waals surface area contributed by atoms with Crippen molar-refractivity contribution in [1.29, 1.82) is 0 Å². The fraction of sp³-hybridized carbons (Fsp3) is 0.857. The summed E-state index contributed by atoms with van der Waals surface area (Å²) in [5, 5.41) is 2.56. The molecule has 0 aliphatic carbocycles. The number of sulfonamides is 1. The number of carbonyl (C=O) groups is 1. The van der Waals surface area contributed by atoms with Gasteiger partial charge in [0.1, 0.15) is 0 Å². The van der Waals surface area contributed by atoms with Gasteiger partial charge in [0.15, 0.2) is 0 Å². The first kappa shape index (κ1) is 12.4. The van der Waals surface area contributed by atoms with Crippen molar-refractivity contribution in [1.82, 2.24) is 10.0 Å². The fourth-order valence-corrected chi connectivity index (χ4v) is 1.25. The first-order valence-corrected chi connectivity index (χ1v) is 5.91. The summed E-state index contributed by atoms with van der Waals surface area (Å²) in [6.45, 7) is 3.90. The Labute approximate surface area is 79.0 Å². The van der Waals surface area contributed by atoms with E-state index in [1.807, 2.05) is 0 Å². The van der Waals surface area contributed by atoms with Crippen LogP contribution in [0.25, 0.3) is 0 Å². The monoisotopic (exact) mass is 208 g/mol. The smallest absolute Gasteiger partial charge is 0.219 e. The first-order chi connectivity index (χ1) is 6.02. The van der Waals surface area contributed by atoms with E-state index in [4.69, 9.17) is 0 Å². The highest BCUT2D eigenvalue weighted by molar-refractivity contribution is 7.89. The maximum Gasteiger partial charge on any atom is 0.219 e. The molecule has 0 radical (unpaired) electrons. The number of hydrogen-bond donors (Lipinski definition) is 2. The van der Waals surface area contributed by atoms with Crippen LogP contribution in [-0.2, 0) is 14.8 Å². The Balaban J connectivity index is 3.52. The quantitative estimate of drug-likeness (QED) is 0.575. The lowest BCUT2D eigenvalue weighted by Crippen LogP contribution is -2.35. The van der Waals surface area contributed by atoms with Crippen LogP contribution in [0.5, 0.6) is 0 Å². The van der Waals surface area contributed by atoms with Gasteiger partial charge in [-0.2, -0.15) is 0 Å². The Morgan fingerprint density at radius 1 is 1.23 bits per heavy atom. The minimum Gasteiger partial charge on any atom is -0.355 e. The molecule has 0 heterocycles. The second-order valence-corrected chi connectivity index (χ2v) is 4.60. The summed E-state index contributed by atoms with van der Waals surface area (Å²) < 4.78 is 24.1. The highest BCUT2D eigenvalue weighted by atomic mass is 32.2. The van der Waals surface area contributed by atoms with Crippen molar-refractivity contribution in [3.8, 4) is 0 Å². The number of amides is 1. The highest BCUT2D eigenvalue weighted by Crippen LogP contribution is 1.80. The third-order valence-electron chi connectivity index (χ3n) is 1.47. The summed E-state index contributed by atoms with van der Waals surface area (Å²) in [7, 11) is -3.13. The minimum atomic E-state index is -3.13. The topological polar surface area (TPSA) is 75.3 Å². The molecule has 0 aliphatic rings. The van der Waals surface area contributed by atoms with E-state index in [9.17, 15) is 13.2 Å². The molecule has 0 fully saturated rings. The van der Waals surface area contributed by atoms with Crippen LogP contribution < -0.4 is 10.0 Å². The molecular weight excluding hydrogens is 192 g/mol. The molecule has 0 saturated carbocycles. The molecule has 1 amide bonds. The molecule has 0 bridgehead atoms. The third kappa shape index (κ3) is 6.53. The number of nitrogens with one attached hydrogen (secondary N) is 2. The van der Waals surface area contributed by atoms with Crippen LogP contribution in [-0.4, -0.2) is 33.2 Å². The number of carbonyl (C=O) groups excluding carboxylic acids is 1. The van der Waals surface area contributed by atoms with E-state index >= 15 is 0 Å². The van der Waals surface area contributed by atoms with Crippen molar-refractivity contribution < 1.29 is 13.2 Å². The van der Waals surface area contributed by atoms with Gasteiger partial charge < -0.3 is 5.32 Å². The summed E-state index contributed by atoms with van der Waals surface area (Å²) in [5.74, 6) is -0.00922. The first-order valence-electron chi connectivity index (χ1n) is 4.26. The summed E-state index contributed by atoms with van der Waals surface area (Å²) in [6.07, 6.45) is 0.417. The molecule has 0 aromatic rings. The van der Waals surface area contributed by atoms with Crippen molar-refractivity contribution in [2.75, 3.05) is 18.8 Å². The van der Waals surface area contributed by atoms with Crippen molar-refractivity contribution >= 4 is 15.9 Å². The van der Waals surface area contributed by atoms with E-state index in [-0.39, 0.29) is 18.2 Å². The minimum absolute atomic E-state index is 0.0642. The molecule has 0 aromatic carbocycles. The van der Waals surface area contributed by atoms with Crippen LogP contribution in [0.3, 0.4) is 0 Å². The van der Waals surface area contributed by atoms with Gasteiger partial charge in [0.05, 0.1) is 5.75 Å². The predicted octanol–water partition coefficient (Wildman–Crippen LogP) is -0.548. The van der Waals surface area contributed by atoms with Gasteiger partial charge in [-0.15, -0.1) is 0 Å². The van der Waals surface area contributed by atoms with Crippen LogP contribution >= 0.6 is 0 Å². The second kappa shape index (κ2) is 5.93. The van der Waals surface area contributed by atoms with E-state index in [1.54, 1.807) is 13.8 Å². The summed E-state index contributed by atoms with van der Waals surface area (Å²) in [4.78, 5) is 10.7. The molecule has 13 heavy (non-hydrogen) atoms. The average Bonchev–Trinajstić information content (AvgIpc) is 2.12. The van der Waals surface area contributed by atoms with Crippen molar-refractivity contribution in [2.45, 2.75) is 20.3 Å². The zero-order chi connectivity index (χ0) is 10.3. The molecule has 5 nitrogen and oxygen atoms in total. The maximum absolute atomic E-state index is 10.9. The molecule has 6 heteroatoms. The van der Waals surface area contributed by atoms with Gasteiger partial charge in [-0.3, -0.25) is 4.79 Å².